The minimum Gasteiger partial charge on any atom is -0.423 e. The summed E-state index contributed by atoms with van der Waals surface area (Å²) < 4.78 is 39.7. The van der Waals surface area contributed by atoms with Crippen LogP contribution in [0.1, 0.15) is 32.3 Å². The van der Waals surface area contributed by atoms with Crippen molar-refractivity contribution >= 4 is 21.1 Å². The summed E-state index contributed by atoms with van der Waals surface area (Å²) in [5, 5.41) is 0.0835. The van der Waals surface area contributed by atoms with E-state index in [1.807, 2.05) is 6.92 Å². The quantitative estimate of drug-likeness (QED) is 0.535. The first-order valence-electron chi connectivity index (χ1n) is 7.86. The number of methoxy groups -OCH3 is 1. The molecule has 1 aromatic carbocycles. The van der Waals surface area contributed by atoms with Gasteiger partial charge < -0.3 is 13.3 Å². The first-order chi connectivity index (χ1) is 11.4. The molecule has 0 N–H and O–H groups in total. The molecule has 0 aliphatic heterocycles. The largest absolute Gasteiger partial charge is 0.423 e. The molecule has 132 valence electrons. The Labute approximate surface area is 141 Å². The van der Waals surface area contributed by atoms with Crippen LogP contribution in [0.4, 0.5) is 0 Å². The van der Waals surface area contributed by atoms with Crippen molar-refractivity contribution < 1.29 is 21.8 Å². The highest BCUT2D eigenvalue weighted by Gasteiger charge is 2.23. The lowest BCUT2D eigenvalue weighted by Gasteiger charge is -2.13. The first-order valence-corrected chi connectivity index (χ1v) is 9.33. The van der Waals surface area contributed by atoms with Gasteiger partial charge in [0.25, 0.3) is 0 Å². The van der Waals surface area contributed by atoms with Gasteiger partial charge in [0.2, 0.25) is 0 Å². The van der Waals surface area contributed by atoms with Crippen LogP contribution >= 0.6 is 0 Å². The summed E-state index contributed by atoms with van der Waals surface area (Å²) in [6.45, 7) is 3.91. The Kier molecular flexibility index (Phi) is 6.01. The number of aryl methyl sites for hydroxylation is 1. The molecule has 0 aliphatic carbocycles. The Hall–Kier alpha value is -1.86. The molecular formula is C17H22O6S. The second kappa shape index (κ2) is 7.81. The van der Waals surface area contributed by atoms with Gasteiger partial charge in [-0.1, -0.05) is 13.3 Å². The highest BCUT2D eigenvalue weighted by Crippen LogP contribution is 2.25. The van der Waals surface area contributed by atoms with Gasteiger partial charge in [-0.2, -0.15) is 8.42 Å². The van der Waals surface area contributed by atoms with Crippen molar-refractivity contribution in [2.45, 2.75) is 38.4 Å². The van der Waals surface area contributed by atoms with Gasteiger partial charge in [-0.05, 0) is 37.5 Å². The van der Waals surface area contributed by atoms with E-state index in [0.29, 0.717) is 18.6 Å². The van der Waals surface area contributed by atoms with Gasteiger partial charge in [-0.3, -0.25) is 0 Å². The predicted molar refractivity (Wildman–Crippen MR) is 92.0 cm³/mol. The lowest BCUT2D eigenvalue weighted by atomic mass is 10.1. The molecule has 6 nitrogen and oxygen atoms in total. The highest BCUT2D eigenvalue weighted by molar-refractivity contribution is 7.87. The van der Waals surface area contributed by atoms with Crippen LogP contribution in [0, 0.1) is 0 Å². The van der Waals surface area contributed by atoms with Gasteiger partial charge >= 0.3 is 15.7 Å². The molecule has 7 heteroatoms. The third kappa shape index (κ3) is 4.36. The summed E-state index contributed by atoms with van der Waals surface area (Å²) >= 11 is 0. The molecule has 0 radical (unpaired) electrons. The molecule has 0 aliphatic rings. The van der Waals surface area contributed by atoms with Gasteiger partial charge in [0.1, 0.15) is 11.3 Å². The molecule has 0 unspecified atom stereocenters. The molecule has 0 amide bonds. The van der Waals surface area contributed by atoms with E-state index in [-0.39, 0.29) is 5.75 Å². The zero-order valence-corrected chi connectivity index (χ0v) is 14.9. The molecule has 0 bridgehead atoms. The lowest BCUT2D eigenvalue weighted by Crippen LogP contribution is -2.24. The number of hydrogen-bond acceptors (Lipinski definition) is 6. The molecule has 0 fully saturated rings. The highest BCUT2D eigenvalue weighted by atomic mass is 32.2. The summed E-state index contributed by atoms with van der Waals surface area (Å²) in [6.07, 6.45) is 1.97. The van der Waals surface area contributed by atoms with Crippen molar-refractivity contribution in [1.29, 1.82) is 0 Å². The normalized spacial score (nSPS) is 13.1. The van der Waals surface area contributed by atoms with Crippen LogP contribution < -0.4 is 9.81 Å². The summed E-state index contributed by atoms with van der Waals surface area (Å²) in [6, 6.07) is 6.20. The van der Waals surface area contributed by atoms with E-state index in [4.69, 9.17) is 13.3 Å². The maximum atomic E-state index is 12.2. The zero-order valence-electron chi connectivity index (χ0n) is 14.1. The number of hydrogen-bond donors (Lipinski definition) is 0. The molecule has 1 aromatic heterocycles. The molecule has 0 saturated heterocycles. The molecule has 24 heavy (non-hydrogen) atoms. The summed E-state index contributed by atoms with van der Waals surface area (Å²) in [4.78, 5) is 11.7. The van der Waals surface area contributed by atoms with E-state index >= 15 is 0 Å². The van der Waals surface area contributed by atoms with Crippen LogP contribution in [0.2, 0.25) is 0 Å². The van der Waals surface area contributed by atoms with E-state index in [2.05, 4.69) is 0 Å². The predicted octanol–water partition coefficient (Wildman–Crippen LogP) is 2.88. The number of rotatable bonds is 8. The monoisotopic (exact) mass is 354 g/mol. The second-order valence-corrected chi connectivity index (χ2v) is 7.62. The smallest absolute Gasteiger partial charge is 0.336 e. The minimum atomic E-state index is -3.78. The molecule has 1 atom stereocenters. The van der Waals surface area contributed by atoms with E-state index < -0.39 is 21.0 Å². The minimum absolute atomic E-state index is 0.128. The molecular weight excluding hydrogens is 332 g/mol. The second-order valence-electron chi connectivity index (χ2n) is 5.67. The van der Waals surface area contributed by atoms with Gasteiger partial charge in [0, 0.05) is 31.2 Å². The van der Waals surface area contributed by atoms with E-state index in [1.54, 1.807) is 19.1 Å². The maximum Gasteiger partial charge on any atom is 0.336 e. The lowest BCUT2D eigenvalue weighted by molar-refractivity contribution is 0.194. The summed E-state index contributed by atoms with van der Waals surface area (Å²) in [5.41, 5.74) is 0.745. The van der Waals surface area contributed by atoms with Crippen LogP contribution in [0.15, 0.2) is 33.5 Å². The molecule has 0 saturated carbocycles. The van der Waals surface area contributed by atoms with Crippen molar-refractivity contribution in [1.82, 2.24) is 0 Å². The third-order valence-electron chi connectivity index (χ3n) is 3.75. The van der Waals surface area contributed by atoms with Crippen LogP contribution in [-0.4, -0.2) is 27.4 Å². The van der Waals surface area contributed by atoms with Crippen molar-refractivity contribution in [3.63, 3.8) is 0 Å². The van der Waals surface area contributed by atoms with Crippen LogP contribution in [0.3, 0.4) is 0 Å². The molecule has 2 rings (SSSR count). The summed E-state index contributed by atoms with van der Waals surface area (Å²) in [5.74, 6) is 0.128. The Balaban J connectivity index is 2.32. The van der Waals surface area contributed by atoms with E-state index in [9.17, 15) is 13.2 Å². The number of benzene rings is 1. The number of fused-ring (bicyclic) bond motifs is 1. The maximum absolute atomic E-state index is 12.2. The van der Waals surface area contributed by atoms with Crippen molar-refractivity contribution in [3.8, 4) is 5.75 Å². The Morgan fingerprint density at radius 2 is 2.00 bits per heavy atom. The first kappa shape index (κ1) is 18.5. The molecule has 1 heterocycles. The topological polar surface area (TPSA) is 82.8 Å². The van der Waals surface area contributed by atoms with Gasteiger partial charge in [0.15, 0.2) is 0 Å². The van der Waals surface area contributed by atoms with Crippen LogP contribution in [0.5, 0.6) is 5.75 Å². The van der Waals surface area contributed by atoms with Crippen molar-refractivity contribution in [2.75, 3.05) is 13.7 Å². The van der Waals surface area contributed by atoms with Crippen molar-refractivity contribution in [2.24, 2.45) is 0 Å². The Morgan fingerprint density at radius 1 is 1.25 bits per heavy atom. The van der Waals surface area contributed by atoms with Crippen LogP contribution in [0.25, 0.3) is 11.0 Å². The standard InChI is InChI=1S/C17H22O6S/c1-4-5-13-10-17(18)22-16-11-14(6-7-15(13)16)23-24(19,20)12(2)8-9-21-3/h6-7,10-12H,4-5,8-9H2,1-3H3/t12-/m0/s1. The van der Waals surface area contributed by atoms with Gasteiger partial charge in [0.05, 0.1) is 5.25 Å². The summed E-state index contributed by atoms with van der Waals surface area (Å²) in [7, 11) is -2.27. The molecule has 2 aromatic rings. The molecule has 0 spiro atoms. The number of ether oxygens (including phenoxy) is 1. The third-order valence-corrected chi connectivity index (χ3v) is 5.40. The Bertz CT molecular complexity index is 853. The van der Waals surface area contributed by atoms with E-state index in [0.717, 1.165) is 23.8 Å². The van der Waals surface area contributed by atoms with E-state index in [1.165, 1.54) is 19.2 Å². The average molecular weight is 354 g/mol. The van der Waals surface area contributed by atoms with Gasteiger partial charge in [-0.25, -0.2) is 4.79 Å². The fourth-order valence-electron chi connectivity index (χ4n) is 2.38. The van der Waals surface area contributed by atoms with Crippen LogP contribution in [-0.2, 0) is 21.3 Å². The fourth-order valence-corrected chi connectivity index (χ4v) is 3.30. The SMILES string of the molecule is CCCc1cc(=O)oc2cc(OS(=O)(=O)[C@@H](C)CCOC)ccc12. The average Bonchev–Trinajstić information content (AvgIpc) is 2.51. The van der Waals surface area contributed by atoms with Crippen molar-refractivity contribution in [3.05, 3.63) is 40.2 Å². The Morgan fingerprint density at radius 3 is 2.67 bits per heavy atom. The fraction of sp³-hybridized carbons (Fsp3) is 0.471. The van der Waals surface area contributed by atoms with Gasteiger partial charge in [-0.15, -0.1) is 0 Å². The zero-order chi connectivity index (χ0) is 17.7.